The molecule has 0 spiro atoms. The molecule has 1 amide bonds. The first kappa shape index (κ1) is 18.3. The Labute approximate surface area is 145 Å². The Kier molecular flexibility index (Phi) is 6.66. The van der Waals surface area contributed by atoms with Gasteiger partial charge in [0, 0.05) is 38.1 Å². The van der Waals surface area contributed by atoms with Gasteiger partial charge in [-0.3, -0.25) is 10.1 Å². The highest BCUT2D eigenvalue weighted by Gasteiger charge is 2.25. The number of rotatable bonds is 6. The number of nitro groups is 1. The zero-order valence-electron chi connectivity index (χ0n) is 13.6. The Morgan fingerprint density at radius 1 is 1.42 bits per heavy atom. The molecule has 132 valence electrons. The molecule has 1 heterocycles. The highest BCUT2D eigenvalue weighted by atomic mass is 35.5. The third-order valence-electron chi connectivity index (χ3n) is 3.84. The van der Waals surface area contributed by atoms with E-state index < -0.39 is 4.92 Å². The zero-order chi connectivity index (χ0) is 17.5. The summed E-state index contributed by atoms with van der Waals surface area (Å²) in [6.07, 6.45) is 2.88. The number of hydrogen-bond donors (Lipinski definition) is 0. The molecule has 7 nitrogen and oxygen atoms in total. The molecule has 1 saturated heterocycles. The quantitative estimate of drug-likeness (QED) is 0.436. The number of nitro benzene ring substituents is 1. The fourth-order valence-corrected chi connectivity index (χ4v) is 2.69. The van der Waals surface area contributed by atoms with E-state index in [-0.39, 0.29) is 22.9 Å². The SMILES string of the molecule is CCCCOC(=O)N1CCC(Oc2ccc([N+](=O)[O-])c(Cl)c2)CC1. The van der Waals surface area contributed by atoms with Gasteiger partial charge in [-0.25, -0.2) is 4.79 Å². The van der Waals surface area contributed by atoms with Crippen molar-refractivity contribution in [2.24, 2.45) is 0 Å². The Morgan fingerprint density at radius 3 is 2.71 bits per heavy atom. The molecule has 0 atom stereocenters. The smallest absolute Gasteiger partial charge is 0.409 e. The van der Waals surface area contributed by atoms with Crippen LogP contribution in [0.25, 0.3) is 0 Å². The van der Waals surface area contributed by atoms with E-state index in [0.717, 1.165) is 12.8 Å². The fourth-order valence-electron chi connectivity index (χ4n) is 2.45. The number of benzene rings is 1. The van der Waals surface area contributed by atoms with E-state index in [2.05, 4.69) is 0 Å². The van der Waals surface area contributed by atoms with Crippen LogP contribution in [0.1, 0.15) is 32.6 Å². The average molecular weight is 357 g/mol. The number of piperidine rings is 1. The summed E-state index contributed by atoms with van der Waals surface area (Å²) in [7, 11) is 0. The Bertz CT molecular complexity index is 588. The topological polar surface area (TPSA) is 81.9 Å². The third kappa shape index (κ3) is 4.99. The summed E-state index contributed by atoms with van der Waals surface area (Å²) >= 11 is 5.88. The van der Waals surface area contributed by atoms with Crippen molar-refractivity contribution >= 4 is 23.4 Å². The average Bonchev–Trinajstić information content (AvgIpc) is 2.55. The molecule has 1 aromatic rings. The molecule has 0 saturated carbocycles. The number of nitrogens with zero attached hydrogens (tertiary/aromatic N) is 2. The standard InChI is InChI=1S/C16H21ClN2O5/c1-2-3-10-23-16(20)18-8-6-12(7-9-18)24-13-4-5-15(19(21)22)14(17)11-13/h4-5,11-12H,2-3,6-10H2,1H3. The lowest BCUT2D eigenvalue weighted by Gasteiger charge is -2.31. The molecule has 0 aromatic heterocycles. The predicted molar refractivity (Wildman–Crippen MR) is 89.6 cm³/mol. The molecule has 8 heteroatoms. The summed E-state index contributed by atoms with van der Waals surface area (Å²) < 4.78 is 11.0. The van der Waals surface area contributed by atoms with Crippen LogP contribution in [-0.2, 0) is 4.74 Å². The van der Waals surface area contributed by atoms with Crippen LogP contribution in [0.2, 0.25) is 5.02 Å². The lowest BCUT2D eigenvalue weighted by Crippen LogP contribution is -2.42. The van der Waals surface area contributed by atoms with Crippen molar-refractivity contribution in [3.05, 3.63) is 33.3 Å². The van der Waals surface area contributed by atoms with Crippen molar-refractivity contribution in [2.75, 3.05) is 19.7 Å². The number of carbonyl (C=O) groups excluding carboxylic acids is 1. The fraction of sp³-hybridized carbons (Fsp3) is 0.562. The van der Waals surface area contributed by atoms with Crippen LogP contribution in [-0.4, -0.2) is 41.7 Å². The summed E-state index contributed by atoms with van der Waals surface area (Å²) in [6, 6.07) is 4.32. The molecule has 0 bridgehead atoms. The minimum absolute atomic E-state index is 0.0504. The van der Waals surface area contributed by atoms with Gasteiger partial charge in [0.2, 0.25) is 0 Å². The molecule has 0 aliphatic carbocycles. The van der Waals surface area contributed by atoms with Gasteiger partial charge in [-0.05, 0) is 12.5 Å². The predicted octanol–water partition coefficient (Wildman–Crippen LogP) is 4.03. The van der Waals surface area contributed by atoms with Gasteiger partial charge in [-0.15, -0.1) is 0 Å². The second kappa shape index (κ2) is 8.73. The number of likely N-dealkylation sites (tertiary alicyclic amines) is 1. The number of hydrogen-bond acceptors (Lipinski definition) is 5. The van der Waals surface area contributed by atoms with Crippen molar-refractivity contribution in [3.8, 4) is 5.75 Å². The molecule has 0 radical (unpaired) electrons. The van der Waals surface area contributed by atoms with Gasteiger partial charge in [-0.1, -0.05) is 24.9 Å². The molecule has 1 aliphatic rings. The molecular weight excluding hydrogens is 336 g/mol. The van der Waals surface area contributed by atoms with Crippen LogP contribution in [0.5, 0.6) is 5.75 Å². The molecule has 2 rings (SSSR count). The van der Waals surface area contributed by atoms with Gasteiger partial charge >= 0.3 is 6.09 Å². The van der Waals surface area contributed by atoms with Gasteiger partial charge in [0.25, 0.3) is 5.69 Å². The summed E-state index contributed by atoms with van der Waals surface area (Å²) in [5, 5.41) is 10.8. The lowest BCUT2D eigenvalue weighted by molar-refractivity contribution is -0.384. The number of ether oxygens (including phenoxy) is 2. The lowest BCUT2D eigenvalue weighted by atomic mass is 10.1. The molecule has 0 unspecified atom stereocenters. The normalized spacial score (nSPS) is 15.2. The Morgan fingerprint density at radius 2 is 2.12 bits per heavy atom. The van der Waals surface area contributed by atoms with Crippen LogP contribution in [0.3, 0.4) is 0 Å². The van der Waals surface area contributed by atoms with Crippen LogP contribution >= 0.6 is 11.6 Å². The first-order valence-electron chi connectivity index (χ1n) is 8.03. The van der Waals surface area contributed by atoms with E-state index in [9.17, 15) is 14.9 Å². The Balaban J connectivity index is 1.81. The number of unbranched alkanes of at least 4 members (excludes halogenated alkanes) is 1. The van der Waals surface area contributed by atoms with Gasteiger partial charge in [0.15, 0.2) is 0 Å². The van der Waals surface area contributed by atoms with E-state index in [4.69, 9.17) is 21.1 Å². The van der Waals surface area contributed by atoms with Crippen molar-refractivity contribution in [1.82, 2.24) is 4.90 Å². The van der Waals surface area contributed by atoms with Crippen LogP contribution in [0.4, 0.5) is 10.5 Å². The van der Waals surface area contributed by atoms with Crippen molar-refractivity contribution in [1.29, 1.82) is 0 Å². The molecular formula is C16H21ClN2O5. The molecule has 1 fully saturated rings. The zero-order valence-corrected chi connectivity index (χ0v) is 14.3. The third-order valence-corrected chi connectivity index (χ3v) is 4.14. The maximum absolute atomic E-state index is 11.9. The molecule has 24 heavy (non-hydrogen) atoms. The highest BCUT2D eigenvalue weighted by Crippen LogP contribution is 2.29. The second-order valence-corrected chi connectivity index (χ2v) is 6.05. The summed E-state index contributed by atoms with van der Waals surface area (Å²) in [4.78, 5) is 23.8. The van der Waals surface area contributed by atoms with E-state index in [1.54, 1.807) is 4.90 Å². The number of amides is 1. The van der Waals surface area contributed by atoms with Gasteiger partial charge in [-0.2, -0.15) is 0 Å². The van der Waals surface area contributed by atoms with E-state index >= 15 is 0 Å². The van der Waals surface area contributed by atoms with Crippen LogP contribution < -0.4 is 4.74 Å². The molecule has 1 aromatic carbocycles. The van der Waals surface area contributed by atoms with Crippen molar-refractivity contribution in [2.45, 2.75) is 38.7 Å². The summed E-state index contributed by atoms with van der Waals surface area (Å²) in [5.41, 5.74) is -0.145. The molecule has 1 aliphatic heterocycles. The second-order valence-electron chi connectivity index (χ2n) is 5.64. The van der Waals surface area contributed by atoms with Gasteiger partial charge in [0.05, 0.1) is 11.5 Å². The summed E-state index contributed by atoms with van der Waals surface area (Å²) in [5.74, 6) is 0.495. The van der Waals surface area contributed by atoms with Crippen LogP contribution in [0, 0.1) is 10.1 Å². The largest absolute Gasteiger partial charge is 0.490 e. The Hall–Kier alpha value is -2.02. The van der Waals surface area contributed by atoms with Gasteiger partial charge < -0.3 is 14.4 Å². The van der Waals surface area contributed by atoms with Crippen molar-refractivity contribution in [3.63, 3.8) is 0 Å². The first-order chi connectivity index (χ1) is 11.5. The minimum Gasteiger partial charge on any atom is -0.490 e. The number of carbonyl (C=O) groups is 1. The summed E-state index contributed by atoms with van der Waals surface area (Å²) in [6.45, 7) is 3.63. The van der Waals surface area contributed by atoms with E-state index in [0.29, 0.717) is 38.3 Å². The highest BCUT2D eigenvalue weighted by molar-refractivity contribution is 6.32. The first-order valence-corrected chi connectivity index (χ1v) is 8.41. The maximum atomic E-state index is 11.9. The minimum atomic E-state index is -0.533. The maximum Gasteiger partial charge on any atom is 0.409 e. The van der Waals surface area contributed by atoms with Crippen molar-refractivity contribution < 1.29 is 19.2 Å². The monoisotopic (exact) mass is 356 g/mol. The molecule has 0 N–H and O–H groups in total. The number of halogens is 1. The van der Waals surface area contributed by atoms with E-state index in [1.165, 1.54) is 18.2 Å². The van der Waals surface area contributed by atoms with Crippen LogP contribution in [0.15, 0.2) is 18.2 Å². The van der Waals surface area contributed by atoms with Gasteiger partial charge in [0.1, 0.15) is 16.9 Å². The van der Waals surface area contributed by atoms with E-state index in [1.807, 2.05) is 6.92 Å².